The van der Waals surface area contributed by atoms with Gasteiger partial charge in [0.1, 0.15) is 5.82 Å². The Balaban J connectivity index is 2.02. The zero-order chi connectivity index (χ0) is 15.5. The Kier molecular flexibility index (Phi) is 4.88. The van der Waals surface area contributed by atoms with Crippen molar-refractivity contribution in [1.29, 1.82) is 0 Å². The minimum absolute atomic E-state index is 0.0416. The summed E-state index contributed by atoms with van der Waals surface area (Å²) in [6.07, 6.45) is -2.54. The summed E-state index contributed by atoms with van der Waals surface area (Å²) in [6, 6.07) is 3.42. The van der Waals surface area contributed by atoms with Gasteiger partial charge in [-0.3, -0.25) is 0 Å². The first-order chi connectivity index (χ1) is 9.82. The van der Waals surface area contributed by atoms with Crippen LogP contribution in [0.25, 0.3) is 0 Å². The van der Waals surface area contributed by atoms with Crippen LogP contribution in [0, 0.1) is 5.82 Å². The van der Waals surface area contributed by atoms with Gasteiger partial charge in [0.05, 0.1) is 11.2 Å². The highest BCUT2D eigenvalue weighted by molar-refractivity contribution is 5.31. The minimum Gasteiger partial charge on any atom is -0.390 e. The Hall–Kier alpha value is -1.14. The number of halogens is 4. The van der Waals surface area contributed by atoms with E-state index >= 15 is 0 Å². The van der Waals surface area contributed by atoms with Gasteiger partial charge in [-0.2, -0.15) is 13.2 Å². The summed E-state index contributed by atoms with van der Waals surface area (Å²) in [6.45, 7) is 1.43. The van der Waals surface area contributed by atoms with Crippen molar-refractivity contribution in [1.82, 2.24) is 5.32 Å². The van der Waals surface area contributed by atoms with Crippen LogP contribution in [0.2, 0.25) is 0 Å². The monoisotopic (exact) mass is 305 g/mol. The molecule has 0 bridgehead atoms. The standard InChI is InChI=1S/C15H19F4NO/c16-12-5-1-3-11(13(12)15(17,18)19)4-2-6-14(21)7-9-20-10-8-14/h1,3,5,20-21H,2,4,6-10H2. The number of aryl methyl sites for hydroxylation is 1. The van der Waals surface area contributed by atoms with Gasteiger partial charge in [-0.15, -0.1) is 0 Å². The van der Waals surface area contributed by atoms with Crippen molar-refractivity contribution in [2.24, 2.45) is 0 Å². The maximum atomic E-state index is 13.4. The smallest absolute Gasteiger partial charge is 0.390 e. The van der Waals surface area contributed by atoms with Crippen molar-refractivity contribution >= 4 is 0 Å². The minimum atomic E-state index is -4.69. The molecule has 0 atom stereocenters. The van der Waals surface area contributed by atoms with E-state index in [1.807, 2.05) is 0 Å². The molecule has 0 radical (unpaired) electrons. The van der Waals surface area contributed by atoms with Crippen molar-refractivity contribution in [2.45, 2.75) is 43.9 Å². The SMILES string of the molecule is OC1(CCCc2cccc(F)c2C(F)(F)F)CCNCC1. The molecule has 1 fully saturated rings. The first-order valence-corrected chi connectivity index (χ1v) is 7.09. The van der Waals surface area contributed by atoms with Crippen LogP contribution >= 0.6 is 0 Å². The van der Waals surface area contributed by atoms with E-state index in [1.165, 1.54) is 12.1 Å². The topological polar surface area (TPSA) is 32.3 Å². The Morgan fingerprint density at radius 3 is 2.48 bits per heavy atom. The van der Waals surface area contributed by atoms with E-state index in [0.717, 1.165) is 6.07 Å². The van der Waals surface area contributed by atoms with E-state index in [2.05, 4.69) is 5.32 Å². The van der Waals surface area contributed by atoms with Gasteiger partial charge in [0, 0.05) is 0 Å². The van der Waals surface area contributed by atoms with Gasteiger partial charge in [-0.1, -0.05) is 12.1 Å². The molecule has 1 heterocycles. The number of aliphatic hydroxyl groups is 1. The molecule has 2 N–H and O–H groups in total. The van der Waals surface area contributed by atoms with Gasteiger partial charge in [-0.05, 0) is 56.8 Å². The van der Waals surface area contributed by atoms with Crippen molar-refractivity contribution in [3.05, 3.63) is 35.1 Å². The van der Waals surface area contributed by atoms with Gasteiger partial charge in [0.2, 0.25) is 0 Å². The highest BCUT2D eigenvalue weighted by Crippen LogP contribution is 2.35. The summed E-state index contributed by atoms with van der Waals surface area (Å²) in [7, 11) is 0. The van der Waals surface area contributed by atoms with Crippen molar-refractivity contribution in [3.63, 3.8) is 0 Å². The summed E-state index contributed by atoms with van der Waals surface area (Å²) in [5, 5.41) is 13.4. The van der Waals surface area contributed by atoms with Gasteiger partial charge in [-0.25, -0.2) is 4.39 Å². The van der Waals surface area contributed by atoms with E-state index in [-0.39, 0.29) is 12.0 Å². The predicted octanol–water partition coefficient (Wildman–Crippen LogP) is 3.28. The molecule has 21 heavy (non-hydrogen) atoms. The highest BCUT2D eigenvalue weighted by atomic mass is 19.4. The van der Waals surface area contributed by atoms with Crippen molar-refractivity contribution in [3.8, 4) is 0 Å². The van der Waals surface area contributed by atoms with Crippen LogP contribution in [0.4, 0.5) is 17.6 Å². The third-order valence-corrected chi connectivity index (χ3v) is 4.01. The van der Waals surface area contributed by atoms with E-state index < -0.39 is 23.2 Å². The van der Waals surface area contributed by atoms with Gasteiger partial charge in [0.25, 0.3) is 0 Å². The lowest BCUT2D eigenvalue weighted by atomic mass is 9.86. The fourth-order valence-electron chi connectivity index (χ4n) is 2.84. The fourth-order valence-corrected chi connectivity index (χ4v) is 2.84. The Morgan fingerprint density at radius 2 is 1.86 bits per heavy atom. The summed E-state index contributed by atoms with van der Waals surface area (Å²) in [5.74, 6) is -1.24. The van der Waals surface area contributed by atoms with E-state index in [9.17, 15) is 22.7 Å². The molecular weight excluding hydrogens is 286 g/mol. The molecule has 0 unspecified atom stereocenters. The number of hydrogen-bond donors (Lipinski definition) is 2. The Bertz CT molecular complexity index is 481. The molecule has 0 spiro atoms. The molecule has 0 aliphatic carbocycles. The van der Waals surface area contributed by atoms with Gasteiger partial charge in [0.15, 0.2) is 0 Å². The van der Waals surface area contributed by atoms with Gasteiger partial charge >= 0.3 is 6.18 Å². The second-order valence-electron chi connectivity index (χ2n) is 5.60. The molecule has 118 valence electrons. The van der Waals surface area contributed by atoms with Crippen LogP contribution in [-0.2, 0) is 12.6 Å². The second-order valence-corrected chi connectivity index (χ2v) is 5.60. The predicted molar refractivity (Wildman–Crippen MR) is 71.4 cm³/mol. The highest BCUT2D eigenvalue weighted by Gasteiger charge is 2.36. The van der Waals surface area contributed by atoms with E-state index in [1.54, 1.807) is 0 Å². The lowest BCUT2D eigenvalue weighted by Gasteiger charge is -2.32. The third-order valence-electron chi connectivity index (χ3n) is 4.01. The zero-order valence-electron chi connectivity index (χ0n) is 11.6. The molecule has 2 nitrogen and oxygen atoms in total. The largest absolute Gasteiger partial charge is 0.419 e. The molecule has 1 aliphatic heterocycles. The lowest BCUT2D eigenvalue weighted by Crippen LogP contribution is -2.41. The van der Waals surface area contributed by atoms with Crippen LogP contribution in [0.1, 0.15) is 36.8 Å². The quantitative estimate of drug-likeness (QED) is 0.837. The molecule has 6 heteroatoms. The number of rotatable bonds is 4. The molecule has 0 aromatic heterocycles. The summed E-state index contributed by atoms with van der Waals surface area (Å²) < 4.78 is 52.0. The molecule has 0 saturated carbocycles. The van der Waals surface area contributed by atoms with Crippen LogP contribution in [0.3, 0.4) is 0 Å². The molecule has 1 aromatic rings. The normalized spacial score (nSPS) is 18.7. The van der Waals surface area contributed by atoms with Crippen LogP contribution in [-0.4, -0.2) is 23.8 Å². The molecular formula is C15H19F4NO. The average Bonchev–Trinajstić information content (AvgIpc) is 2.37. The number of nitrogens with one attached hydrogen (secondary N) is 1. The summed E-state index contributed by atoms with van der Waals surface area (Å²) in [4.78, 5) is 0. The fraction of sp³-hybridized carbons (Fsp3) is 0.600. The summed E-state index contributed by atoms with van der Waals surface area (Å²) >= 11 is 0. The summed E-state index contributed by atoms with van der Waals surface area (Å²) in [5.41, 5.74) is -2.03. The van der Waals surface area contributed by atoms with Crippen LogP contribution in [0.15, 0.2) is 18.2 Å². The second kappa shape index (κ2) is 6.32. The number of piperidine rings is 1. The van der Waals surface area contributed by atoms with Crippen molar-refractivity contribution < 1.29 is 22.7 Å². The molecule has 0 amide bonds. The van der Waals surface area contributed by atoms with Gasteiger partial charge < -0.3 is 10.4 Å². The first kappa shape index (κ1) is 16.2. The van der Waals surface area contributed by atoms with E-state index in [4.69, 9.17) is 0 Å². The van der Waals surface area contributed by atoms with Crippen LogP contribution in [0.5, 0.6) is 0 Å². The maximum absolute atomic E-state index is 13.4. The number of hydrogen-bond acceptors (Lipinski definition) is 2. The first-order valence-electron chi connectivity index (χ1n) is 7.09. The Labute approximate surface area is 121 Å². The van der Waals surface area contributed by atoms with Crippen molar-refractivity contribution in [2.75, 3.05) is 13.1 Å². The van der Waals surface area contributed by atoms with Crippen LogP contribution < -0.4 is 5.32 Å². The zero-order valence-corrected chi connectivity index (χ0v) is 11.6. The third kappa shape index (κ3) is 4.17. The molecule has 1 saturated heterocycles. The Morgan fingerprint density at radius 1 is 1.19 bits per heavy atom. The number of alkyl halides is 3. The molecule has 1 aliphatic rings. The lowest BCUT2D eigenvalue weighted by molar-refractivity contribution is -0.140. The average molecular weight is 305 g/mol. The van der Waals surface area contributed by atoms with E-state index in [0.29, 0.717) is 38.8 Å². The molecule has 1 aromatic carbocycles. The maximum Gasteiger partial charge on any atom is 0.419 e. The molecule has 2 rings (SSSR count). The number of benzene rings is 1.